The second-order valence-electron chi connectivity index (χ2n) is 5.92. The van der Waals surface area contributed by atoms with Crippen LogP contribution < -0.4 is 0 Å². The molecule has 0 radical (unpaired) electrons. The standard InChI is InChI=1S/C14H22N2O3/c1-10-13(17)16-6-2-3-12(16)14(18)15(10)7-4-11-5-8-19-9-11/h10-12H,2-9H2,1H3. The molecule has 106 valence electrons. The fourth-order valence-electron chi connectivity index (χ4n) is 3.48. The fraction of sp³-hybridized carbons (Fsp3) is 0.857. The van der Waals surface area contributed by atoms with E-state index in [9.17, 15) is 9.59 Å². The van der Waals surface area contributed by atoms with Gasteiger partial charge in [-0.2, -0.15) is 0 Å². The van der Waals surface area contributed by atoms with Crippen molar-refractivity contribution in [3.05, 3.63) is 0 Å². The van der Waals surface area contributed by atoms with Crippen LogP contribution in [-0.2, 0) is 14.3 Å². The van der Waals surface area contributed by atoms with Crippen molar-refractivity contribution in [1.82, 2.24) is 9.80 Å². The summed E-state index contributed by atoms with van der Waals surface area (Å²) in [5.74, 6) is 0.838. The summed E-state index contributed by atoms with van der Waals surface area (Å²) in [5.41, 5.74) is 0. The Kier molecular flexibility index (Phi) is 3.48. The van der Waals surface area contributed by atoms with E-state index in [1.165, 1.54) is 0 Å². The number of fused-ring (bicyclic) bond motifs is 1. The first kappa shape index (κ1) is 12.9. The van der Waals surface area contributed by atoms with E-state index in [0.717, 1.165) is 45.4 Å². The van der Waals surface area contributed by atoms with Crippen molar-refractivity contribution in [2.75, 3.05) is 26.3 Å². The molecule has 0 N–H and O–H groups in total. The van der Waals surface area contributed by atoms with Crippen LogP contribution >= 0.6 is 0 Å². The Hall–Kier alpha value is -1.10. The van der Waals surface area contributed by atoms with E-state index in [2.05, 4.69) is 0 Å². The van der Waals surface area contributed by atoms with Crippen LogP contribution in [0, 0.1) is 5.92 Å². The average Bonchev–Trinajstić information content (AvgIpc) is 3.07. The maximum atomic E-state index is 12.5. The molecule has 0 aromatic heterocycles. The summed E-state index contributed by atoms with van der Waals surface area (Å²) in [4.78, 5) is 28.3. The number of carbonyl (C=O) groups is 2. The Morgan fingerprint density at radius 1 is 1.26 bits per heavy atom. The highest BCUT2D eigenvalue weighted by molar-refractivity contribution is 5.97. The van der Waals surface area contributed by atoms with Crippen molar-refractivity contribution in [3.8, 4) is 0 Å². The molecular formula is C14H22N2O3. The fourth-order valence-corrected chi connectivity index (χ4v) is 3.48. The molecule has 0 saturated carbocycles. The minimum atomic E-state index is -0.288. The maximum absolute atomic E-state index is 12.5. The predicted molar refractivity (Wildman–Crippen MR) is 69.5 cm³/mol. The van der Waals surface area contributed by atoms with Crippen molar-refractivity contribution >= 4 is 11.8 Å². The largest absolute Gasteiger partial charge is 0.381 e. The maximum Gasteiger partial charge on any atom is 0.246 e. The van der Waals surface area contributed by atoms with Gasteiger partial charge in [0, 0.05) is 26.3 Å². The minimum Gasteiger partial charge on any atom is -0.381 e. The number of carbonyl (C=O) groups excluding carboxylic acids is 2. The van der Waals surface area contributed by atoms with Crippen LogP contribution in [0.2, 0.25) is 0 Å². The number of ether oxygens (including phenoxy) is 1. The molecular weight excluding hydrogens is 244 g/mol. The Balaban J connectivity index is 1.65. The van der Waals surface area contributed by atoms with E-state index in [1.807, 2.05) is 6.92 Å². The molecule has 5 nitrogen and oxygen atoms in total. The molecule has 3 unspecified atom stereocenters. The number of amides is 2. The third-order valence-electron chi connectivity index (χ3n) is 4.73. The van der Waals surface area contributed by atoms with E-state index in [0.29, 0.717) is 12.5 Å². The third kappa shape index (κ3) is 2.24. The Morgan fingerprint density at radius 2 is 2.11 bits per heavy atom. The highest BCUT2D eigenvalue weighted by Gasteiger charge is 2.45. The van der Waals surface area contributed by atoms with Crippen LogP contribution in [0.5, 0.6) is 0 Å². The zero-order valence-corrected chi connectivity index (χ0v) is 11.5. The summed E-state index contributed by atoms with van der Waals surface area (Å²) in [6.45, 7) is 4.96. The van der Waals surface area contributed by atoms with Gasteiger partial charge in [-0.05, 0) is 38.5 Å². The summed E-state index contributed by atoms with van der Waals surface area (Å²) in [6, 6.07) is -0.465. The normalized spacial score (nSPS) is 35.1. The first-order chi connectivity index (χ1) is 9.18. The van der Waals surface area contributed by atoms with Gasteiger partial charge < -0.3 is 14.5 Å². The molecule has 19 heavy (non-hydrogen) atoms. The lowest BCUT2D eigenvalue weighted by Gasteiger charge is -2.41. The van der Waals surface area contributed by atoms with Gasteiger partial charge >= 0.3 is 0 Å². The van der Waals surface area contributed by atoms with E-state index in [4.69, 9.17) is 4.74 Å². The van der Waals surface area contributed by atoms with Crippen molar-refractivity contribution < 1.29 is 14.3 Å². The molecule has 3 fully saturated rings. The van der Waals surface area contributed by atoms with Gasteiger partial charge in [-0.3, -0.25) is 9.59 Å². The van der Waals surface area contributed by atoms with E-state index >= 15 is 0 Å². The average molecular weight is 266 g/mol. The van der Waals surface area contributed by atoms with Gasteiger partial charge in [0.25, 0.3) is 0 Å². The molecule has 0 bridgehead atoms. The van der Waals surface area contributed by atoms with Crippen molar-refractivity contribution in [3.63, 3.8) is 0 Å². The first-order valence-electron chi connectivity index (χ1n) is 7.37. The molecule has 5 heteroatoms. The monoisotopic (exact) mass is 266 g/mol. The summed E-state index contributed by atoms with van der Waals surface area (Å²) in [6.07, 6.45) is 3.83. The smallest absolute Gasteiger partial charge is 0.246 e. The number of hydrogen-bond donors (Lipinski definition) is 0. The van der Waals surface area contributed by atoms with Gasteiger partial charge in [-0.15, -0.1) is 0 Å². The van der Waals surface area contributed by atoms with Crippen molar-refractivity contribution in [2.24, 2.45) is 5.92 Å². The Morgan fingerprint density at radius 3 is 2.84 bits per heavy atom. The summed E-state index contributed by atoms with van der Waals surface area (Å²) >= 11 is 0. The van der Waals surface area contributed by atoms with Gasteiger partial charge in [-0.1, -0.05) is 0 Å². The first-order valence-corrected chi connectivity index (χ1v) is 7.37. The second kappa shape index (κ2) is 5.12. The summed E-state index contributed by atoms with van der Waals surface area (Å²) in [7, 11) is 0. The van der Waals surface area contributed by atoms with Crippen LogP contribution in [-0.4, -0.2) is 60.0 Å². The van der Waals surface area contributed by atoms with E-state index in [-0.39, 0.29) is 23.9 Å². The lowest BCUT2D eigenvalue weighted by Crippen LogP contribution is -2.62. The molecule has 0 aliphatic carbocycles. The topological polar surface area (TPSA) is 49.9 Å². The molecule has 3 aliphatic rings. The molecule has 3 aliphatic heterocycles. The highest BCUT2D eigenvalue weighted by atomic mass is 16.5. The summed E-state index contributed by atoms with van der Waals surface area (Å²) < 4.78 is 5.36. The molecule has 3 atom stereocenters. The van der Waals surface area contributed by atoms with Crippen LogP contribution in [0.1, 0.15) is 32.6 Å². The van der Waals surface area contributed by atoms with Crippen LogP contribution in [0.4, 0.5) is 0 Å². The van der Waals surface area contributed by atoms with Crippen LogP contribution in [0.3, 0.4) is 0 Å². The summed E-state index contributed by atoms with van der Waals surface area (Å²) in [5, 5.41) is 0. The Labute approximate surface area is 113 Å². The molecule has 3 saturated heterocycles. The predicted octanol–water partition coefficient (Wildman–Crippen LogP) is 0.635. The lowest BCUT2D eigenvalue weighted by molar-refractivity contribution is -0.158. The highest BCUT2D eigenvalue weighted by Crippen LogP contribution is 2.27. The van der Waals surface area contributed by atoms with Crippen molar-refractivity contribution in [1.29, 1.82) is 0 Å². The van der Waals surface area contributed by atoms with Gasteiger partial charge in [0.15, 0.2) is 0 Å². The zero-order chi connectivity index (χ0) is 13.4. The molecule has 0 spiro atoms. The van der Waals surface area contributed by atoms with Gasteiger partial charge in [-0.25, -0.2) is 0 Å². The molecule has 3 rings (SSSR count). The molecule has 0 aromatic carbocycles. The number of nitrogens with zero attached hydrogens (tertiary/aromatic N) is 2. The Bertz CT molecular complexity index is 379. The minimum absolute atomic E-state index is 0.129. The molecule has 3 heterocycles. The second-order valence-corrected chi connectivity index (χ2v) is 5.92. The lowest BCUT2D eigenvalue weighted by atomic mass is 10.0. The van der Waals surface area contributed by atoms with E-state index in [1.54, 1.807) is 9.80 Å². The van der Waals surface area contributed by atoms with Crippen LogP contribution in [0.25, 0.3) is 0 Å². The van der Waals surface area contributed by atoms with Crippen LogP contribution in [0.15, 0.2) is 0 Å². The van der Waals surface area contributed by atoms with Gasteiger partial charge in [0.05, 0.1) is 0 Å². The number of hydrogen-bond acceptors (Lipinski definition) is 3. The quantitative estimate of drug-likeness (QED) is 0.753. The number of rotatable bonds is 3. The SMILES string of the molecule is CC1C(=O)N2CCCC2C(=O)N1CCC1CCOC1. The molecule has 2 amide bonds. The third-order valence-corrected chi connectivity index (χ3v) is 4.73. The van der Waals surface area contributed by atoms with Gasteiger partial charge in [0.1, 0.15) is 12.1 Å². The van der Waals surface area contributed by atoms with E-state index < -0.39 is 0 Å². The zero-order valence-electron chi connectivity index (χ0n) is 11.5. The number of piperazine rings is 1. The van der Waals surface area contributed by atoms with Crippen molar-refractivity contribution in [2.45, 2.75) is 44.7 Å². The van der Waals surface area contributed by atoms with Gasteiger partial charge in [0.2, 0.25) is 11.8 Å². The molecule has 0 aromatic rings.